The van der Waals surface area contributed by atoms with E-state index in [1.54, 1.807) is 0 Å². The van der Waals surface area contributed by atoms with Crippen molar-refractivity contribution in [1.82, 2.24) is 19.9 Å². The van der Waals surface area contributed by atoms with E-state index in [1.165, 1.54) is 10.4 Å². The van der Waals surface area contributed by atoms with Crippen LogP contribution in [0.1, 0.15) is 0 Å². The van der Waals surface area contributed by atoms with Crippen molar-refractivity contribution in [1.29, 1.82) is 0 Å². The van der Waals surface area contributed by atoms with Gasteiger partial charge in [0.1, 0.15) is 0 Å². The van der Waals surface area contributed by atoms with Gasteiger partial charge in [0.15, 0.2) is 0 Å². The van der Waals surface area contributed by atoms with E-state index in [0.717, 1.165) is 33.1 Å². The maximum Gasteiger partial charge on any atom is 0.229 e. The molecule has 0 fully saturated rings. The molecule has 1 spiro atoms. The first-order valence-electron chi connectivity index (χ1n) is 8.25. The minimum atomic E-state index is -2.50. The SMILES string of the molecule is c1cnc2c(c1)-c1ncccc1[Si]21c2cccnc2-c2cccnc21. The Balaban J connectivity index is 1.89. The highest BCUT2D eigenvalue weighted by Crippen LogP contribution is 2.32. The number of fused-ring (bicyclic) bond motifs is 10. The summed E-state index contributed by atoms with van der Waals surface area (Å²) >= 11 is 0. The van der Waals surface area contributed by atoms with Gasteiger partial charge < -0.3 is 0 Å². The van der Waals surface area contributed by atoms with Gasteiger partial charge >= 0.3 is 0 Å². The molecule has 6 rings (SSSR count). The molecule has 0 amide bonds. The van der Waals surface area contributed by atoms with E-state index >= 15 is 0 Å². The van der Waals surface area contributed by atoms with Crippen molar-refractivity contribution in [2.24, 2.45) is 0 Å². The van der Waals surface area contributed by atoms with Gasteiger partial charge in [-0.2, -0.15) is 0 Å². The van der Waals surface area contributed by atoms with Crippen molar-refractivity contribution < 1.29 is 0 Å². The summed E-state index contributed by atoms with van der Waals surface area (Å²) in [6.45, 7) is 0. The molecule has 0 saturated heterocycles. The summed E-state index contributed by atoms with van der Waals surface area (Å²) in [7, 11) is -2.50. The van der Waals surface area contributed by atoms with Crippen LogP contribution in [0.5, 0.6) is 0 Å². The first-order valence-corrected chi connectivity index (χ1v) is 10.2. The van der Waals surface area contributed by atoms with Gasteiger partial charge in [-0.25, -0.2) is 0 Å². The molecule has 4 aromatic rings. The van der Waals surface area contributed by atoms with E-state index in [4.69, 9.17) is 19.9 Å². The average molecular weight is 336 g/mol. The van der Waals surface area contributed by atoms with Gasteiger partial charge in [-0.1, -0.05) is 12.1 Å². The van der Waals surface area contributed by atoms with Crippen molar-refractivity contribution in [2.75, 3.05) is 0 Å². The van der Waals surface area contributed by atoms with E-state index < -0.39 is 8.07 Å². The Kier molecular flexibility index (Phi) is 2.34. The lowest BCUT2D eigenvalue weighted by Gasteiger charge is -2.24. The molecular formula is C20H12N4Si. The van der Waals surface area contributed by atoms with Gasteiger partial charge in [0, 0.05) is 35.9 Å². The van der Waals surface area contributed by atoms with E-state index in [2.05, 4.69) is 24.3 Å². The zero-order valence-electron chi connectivity index (χ0n) is 13.2. The minimum absolute atomic E-state index is 1.05. The van der Waals surface area contributed by atoms with E-state index in [1.807, 2.05) is 49.1 Å². The van der Waals surface area contributed by atoms with Gasteiger partial charge in [0.2, 0.25) is 8.07 Å². The predicted octanol–water partition coefficient (Wildman–Crippen LogP) is 0.605. The van der Waals surface area contributed by atoms with Crippen LogP contribution in [0, 0.1) is 0 Å². The number of aromatic nitrogens is 4. The van der Waals surface area contributed by atoms with Crippen molar-refractivity contribution in [2.45, 2.75) is 0 Å². The molecule has 25 heavy (non-hydrogen) atoms. The van der Waals surface area contributed by atoms with Gasteiger partial charge in [-0.15, -0.1) is 0 Å². The Labute approximate surface area is 145 Å². The molecule has 4 nitrogen and oxygen atoms in total. The second kappa shape index (κ2) is 4.46. The summed E-state index contributed by atoms with van der Waals surface area (Å²) in [5, 5.41) is 4.82. The van der Waals surface area contributed by atoms with Crippen molar-refractivity contribution in [3.05, 3.63) is 73.3 Å². The monoisotopic (exact) mass is 336 g/mol. The number of nitrogens with zero attached hydrogens (tertiary/aromatic N) is 4. The van der Waals surface area contributed by atoms with Crippen LogP contribution in [0.25, 0.3) is 22.5 Å². The largest absolute Gasteiger partial charge is 0.264 e. The third kappa shape index (κ3) is 1.39. The fourth-order valence-electron chi connectivity index (χ4n) is 4.40. The highest BCUT2D eigenvalue weighted by atomic mass is 28.3. The van der Waals surface area contributed by atoms with E-state index in [-0.39, 0.29) is 0 Å². The molecule has 6 heterocycles. The Hall–Kier alpha value is -3.18. The molecule has 0 unspecified atom stereocenters. The van der Waals surface area contributed by atoms with Crippen LogP contribution in [-0.4, -0.2) is 28.0 Å². The fourth-order valence-corrected chi connectivity index (χ4v) is 9.49. The van der Waals surface area contributed by atoms with Crippen molar-refractivity contribution in [3.8, 4) is 22.5 Å². The summed E-state index contributed by atoms with van der Waals surface area (Å²) in [6.07, 6.45) is 7.50. The van der Waals surface area contributed by atoms with Crippen LogP contribution in [0.4, 0.5) is 0 Å². The zero-order chi connectivity index (χ0) is 16.4. The van der Waals surface area contributed by atoms with Crippen LogP contribution in [0.2, 0.25) is 0 Å². The Morgan fingerprint density at radius 3 is 1.48 bits per heavy atom. The van der Waals surface area contributed by atoms with Gasteiger partial charge in [-0.3, -0.25) is 19.9 Å². The fraction of sp³-hybridized carbons (Fsp3) is 0. The van der Waals surface area contributed by atoms with Crippen LogP contribution in [-0.2, 0) is 0 Å². The van der Waals surface area contributed by atoms with Gasteiger partial charge in [-0.05, 0) is 46.8 Å². The van der Waals surface area contributed by atoms with Crippen molar-refractivity contribution in [3.63, 3.8) is 0 Å². The lowest BCUT2D eigenvalue weighted by Crippen LogP contribution is -2.72. The summed E-state index contributed by atoms with van der Waals surface area (Å²) in [6, 6.07) is 16.7. The maximum absolute atomic E-state index is 4.86. The molecule has 0 aromatic carbocycles. The number of rotatable bonds is 0. The quantitative estimate of drug-likeness (QED) is 0.381. The van der Waals surface area contributed by atoms with Crippen LogP contribution >= 0.6 is 0 Å². The normalized spacial score (nSPS) is 14.7. The molecule has 116 valence electrons. The molecule has 0 atom stereocenters. The Bertz CT molecular complexity index is 984. The Morgan fingerprint density at radius 1 is 0.520 bits per heavy atom. The molecular weight excluding hydrogens is 324 g/mol. The molecule has 0 bridgehead atoms. The smallest absolute Gasteiger partial charge is 0.229 e. The highest BCUT2D eigenvalue weighted by molar-refractivity contribution is 7.23. The highest BCUT2D eigenvalue weighted by Gasteiger charge is 2.57. The molecule has 0 aliphatic carbocycles. The summed E-state index contributed by atoms with van der Waals surface area (Å²) in [5.41, 5.74) is 4.37. The first kappa shape index (κ1) is 13.1. The average Bonchev–Trinajstić information content (AvgIpc) is 3.16. The molecule has 2 aliphatic rings. The van der Waals surface area contributed by atoms with Crippen LogP contribution < -0.4 is 21.0 Å². The molecule has 0 N–H and O–H groups in total. The third-order valence-electron chi connectivity index (χ3n) is 5.26. The topological polar surface area (TPSA) is 51.6 Å². The molecule has 2 aliphatic heterocycles. The van der Waals surface area contributed by atoms with Gasteiger partial charge in [0.25, 0.3) is 0 Å². The lowest BCUT2D eigenvalue weighted by molar-refractivity contribution is 1.33. The third-order valence-corrected chi connectivity index (χ3v) is 9.90. The van der Waals surface area contributed by atoms with Crippen LogP contribution in [0.15, 0.2) is 73.3 Å². The maximum atomic E-state index is 4.86. The summed E-state index contributed by atoms with van der Waals surface area (Å²) < 4.78 is 0. The zero-order valence-corrected chi connectivity index (χ0v) is 14.2. The first-order chi connectivity index (χ1) is 12.4. The van der Waals surface area contributed by atoms with Crippen molar-refractivity contribution >= 4 is 29.1 Å². The van der Waals surface area contributed by atoms with E-state index in [9.17, 15) is 0 Å². The second-order valence-corrected chi connectivity index (χ2v) is 9.87. The number of hydrogen-bond donors (Lipinski definition) is 0. The summed E-state index contributed by atoms with van der Waals surface area (Å²) in [4.78, 5) is 19.1. The molecule has 4 aromatic heterocycles. The minimum Gasteiger partial charge on any atom is -0.264 e. The summed E-state index contributed by atoms with van der Waals surface area (Å²) in [5.74, 6) is 0. The number of pyridine rings is 4. The standard InChI is InChI=1S/C20H12N4Si/c1-5-13-17-15(7-3-9-21-17)25(19(13)23-11-1)16-8-4-10-22-18(16)14-6-2-12-24-20(14)25/h1-12H. The molecule has 0 radical (unpaired) electrons. The Morgan fingerprint density at radius 2 is 0.960 bits per heavy atom. The molecule has 5 heteroatoms. The van der Waals surface area contributed by atoms with Gasteiger partial charge in [0.05, 0.1) is 22.0 Å². The van der Waals surface area contributed by atoms with E-state index in [0.29, 0.717) is 0 Å². The molecule has 0 saturated carbocycles. The second-order valence-electron chi connectivity index (χ2n) is 6.35. The lowest BCUT2D eigenvalue weighted by atomic mass is 10.2. The number of hydrogen-bond acceptors (Lipinski definition) is 4. The predicted molar refractivity (Wildman–Crippen MR) is 99.2 cm³/mol. The van der Waals surface area contributed by atoms with Crippen LogP contribution in [0.3, 0.4) is 0 Å².